The maximum atomic E-state index is 11.9. The van der Waals surface area contributed by atoms with E-state index in [2.05, 4.69) is 39.6 Å². The maximum absolute atomic E-state index is 11.9. The molecule has 1 rings (SSSR count). The molecule has 0 saturated carbocycles. The predicted octanol–water partition coefficient (Wildman–Crippen LogP) is 3.00. The molecule has 0 aromatic carbocycles. The lowest BCUT2D eigenvalue weighted by molar-refractivity contribution is -0.167. The third kappa shape index (κ3) is 2.46. The predicted molar refractivity (Wildman–Crippen MR) is 74.4 cm³/mol. The molecule has 3 nitrogen and oxygen atoms in total. The van der Waals surface area contributed by atoms with E-state index in [-0.39, 0.29) is 23.0 Å². The number of hydrogen-bond donors (Lipinski definition) is 0. The smallest absolute Gasteiger partial charge is 0.333 e. The summed E-state index contributed by atoms with van der Waals surface area (Å²) in [5.41, 5.74) is 0.631. The molecule has 0 aromatic rings. The number of allylic oxidation sites excluding steroid dienone is 1. The number of nitrogens with zero attached hydrogens (tertiary/aromatic N) is 1. The van der Waals surface area contributed by atoms with E-state index in [9.17, 15) is 4.79 Å². The summed E-state index contributed by atoms with van der Waals surface area (Å²) < 4.78 is 5.71. The first-order chi connectivity index (χ1) is 8.14. The molecular weight excluding hydrogens is 226 g/mol. The third-order valence-corrected chi connectivity index (χ3v) is 5.07. The fourth-order valence-corrected chi connectivity index (χ4v) is 2.38. The van der Waals surface area contributed by atoms with Gasteiger partial charge < -0.3 is 9.64 Å². The summed E-state index contributed by atoms with van der Waals surface area (Å²) in [4.78, 5) is 14.3. The highest BCUT2D eigenvalue weighted by molar-refractivity contribution is 5.87. The number of carbonyl (C=O) groups is 1. The first-order valence-corrected chi connectivity index (χ1v) is 6.69. The van der Waals surface area contributed by atoms with Gasteiger partial charge in [-0.3, -0.25) is 0 Å². The van der Waals surface area contributed by atoms with Crippen molar-refractivity contribution < 1.29 is 9.53 Å². The van der Waals surface area contributed by atoms with Crippen LogP contribution in [0, 0.1) is 5.41 Å². The van der Waals surface area contributed by atoms with E-state index < -0.39 is 0 Å². The highest BCUT2D eigenvalue weighted by Gasteiger charge is 2.50. The summed E-state index contributed by atoms with van der Waals surface area (Å²) >= 11 is 0. The Morgan fingerprint density at radius 1 is 1.33 bits per heavy atom. The van der Waals surface area contributed by atoms with Crippen LogP contribution in [0.1, 0.15) is 48.0 Å². The molecule has 1 saturated heterocycles. The molecule has 0 bridgehead atoms. The minimum atomic E-state index is -0.184. The average molecular weight is 253 g/mol. The summed E-state index contributed by atoms with van der Waals surface area (Å²) in [6.07, 6.45) is 2.68. The maximum Gasteiger partial charge on any atom is 0.333 e. The van der Waals surface area contributed by atoms with Crippen molar-refractivity contribution in [3.63, 3.8) is 0 Å². The Bertz CT molecular complexity index is 356. The first kappa shape index (κ1) is 15.2. The van der Waals surface area contributed by atoms with Crippen LogP contribution in [0.2, 0.25) is 0 Å². The normalized spacial score (nSPS) is 27.9. The molecule has 1 fully saturated rings. The fourth-order valence-electron chi connectivity index (χ4n) is 2.38. The van der Waals surface area contributed by atoms with E-state index in [0.29, 0.717) is 5.57 Å². The zero-order valence-electron chi connectivity index (χ0n) is 12.8. The molecule has 1 heterocycles. The molecule has 1 aliphatic heterocycles. The highest BCUT2D eigenvalue weighted by Crippen LogP contribution is 2.44. The molecule has 0 spiro atoms. The van der Waals surface area contributed by atoms with Crippen LogP contribution in [0.25, 0.3) is 0 Å². The van der Waals surface area contributed by atoms with Crippen molar-refractivity contribution in [3.8, 4) is 0 Å². The second-order valence-corrected chi connectivity index (χ2v) is 6.36. The van der Waals surface area contributed by atoms with Gasteiger partial charge in [0.2, 0.25) is 0 Å². The van der Waals surface area contributed by atoms with Gasteiger partial charge in [0.05, 0.1) is 0 Å². The summed E-state index contributed by atoms with van der Waals surface area (Å²) in [7, 11) is 2.14. The van der Waals surface area contributed by atoms with E-state index in [1.165, 1.54) is 0 Å². The van der Waals surface area contributed by atoms with E-state index in [4.69, 9.17) is 4.74 Å². The SMILES string of the molecule is CC=C(C)C(=O)OC1CCN(C)C(C)(C)C1(C)C. The van der Waals surface area contributed by atoms with Gasteiger partial charge in [0, 0.05) is 23.1 Å². The van der Waals surface area contributed by atoms with Crippen LogP contribution in [0.4, 0.5) is 0 Å². The summed E-state index contributed by atoms with van der Waals surface area (Å²) in [6, 6.07) is 0. The lowest BCUT2D eigenvalue weighted by Gasteiger charge is -2.55. The van der Waals surface area contributed by atoms with E-state index >= 15 is 0 Å². The Balaban J connectivity index is 2.88. The van der Waals surface area contributed by atoms with Crippen LogP contribution < -0.4 is 0 Å². The molecule has 1 aliphatic rings. The largest absolute Gasteiger partial charge is 0.458 e. The van der Waals surface area contributed by atoms with Crippen LogP contribution in [0.5, 0.6) is 0 Å². The zero-order valence-corrected chi connectivity index (χ0v) is 12.8. The molecule has 0 radical (unpaired) electrons. The van der Waals surface area contributed by atoms with Crippen molar-refractivity contribution in [2.75, 3.05) is 13.6 Å². The Kier molecular flexibility index (Phi) is 4.26. The van der Waals surface area contributed by atoms with Crippen molar-refractivity contribution in [3.05, 3.63) is 11.6 Å². The van der Waals surface area contributed by atoms with Gasteiger partial charge in [-0.15, -0.1) is 0 Å². The molecule has 0 aromatic heterocycles. The highest BCUT2D eigenvalue weighted by atomic mass is 16.5. The van der Waals surface area contributed by atoms with Gasteiger partial charge in [0.15, 0.2) is 0 Å². The Labute approximate surface area is 111 Å². The zero-order chi connectivity index (χ0) is 14.1. The molecule has 3 heteroatoms. The number of esters is 1. The Hall–Kier alpha value is -0.830. The molecule has 0 N–H and O–H groups in total. The monoisotopic (exact) mass is 253 g/mol. The minimum Gasteiger partial charge on any atom is -0.458 e. The summed E-state index contributed by atoms with van der Waals surface area (Å²) in [6.45, 7) is 13.4. The first-order valence-electron chi connectivity index (χ1n) is 6.69. The third-order valence-electron chi connectivity index (χ3n) is 5.07. The van der Waals surface area contributed by atoms with Crippen molar-refractivity contribution in [1.82, 2.24) is 4.90 Å². The van der Waals surface area contributed by atoms with Crippen LogP contribution in [-0.4, -0.2) is 36.1 Å². The van der Waals surface area contributed by atoms with Gasteiger partial charge >= 0.3 is 5.97 Å². The van der Waals surface area contributed by atoms with Gasteiger partial charge in [-0.1, -0.05) is 19.9 Å². The van der Waals surface area contributed by atoms with Crippen LogP contribution in [-0.2, 0) is 9.53 Å². The summed E-state index contributed by atoms with van der Waals surface area (Å²) in [5, 5.41) is 0. The fraction of sp³-hybridized carbons (Fsp3) is 0.800. The topological polar surface area (TPSA) is 29.5 Å². The molecule has 0 amide bonds. The van der Waals surface area contributed by atoms with Gasteiger partial charge in [-0.05, 0) is 41.2 Å². The Morgan fingerprint density at radius 2 is 1.89 bits per heavy atom. The second kappa shape index (κ2) is 5.04. The van der Waals surface area contributed by atoms with E-state index in [0.717, 1.165) is 13.0 Å². The van der Waals surface area contributed by atoms with Crippen molar-refractivity contribution in [1.29, 1.82) is 0 Å². The van der Waals surface area contributed by atoms with E-state index in [1.54, 1.807) is 13.0 Å². The minimum absolute atomic E-state index is 0.0139. The molecule has 1 unspecified atom stereocenters. The molecule has 104 valence electrons. The van der Waals surface area contributed by atoms with Gasteiger partial charge in [0.25, 0.3) is 0 Å². The quantitative estimate of drug-likeness (QED) is 0.559. The van der Waals surface area contributed by atoms with Gasteiger partial charge in [0.1, 0.15) is 6.10 Å². The average Bonchev–Trinajstić information content (AvgIpc) is 2.30. The lowest BCUT2D eigenvalue weighted by atomic mass is 9.66. The summed E-state index contributed by atoms with van der Waals surface area (Å²) in [5.74, 6) is -0.184. The molecule has 18 heavy (non-hydrogen) atoms. The van der Waals surface area contributed by atoms with Crippen LogP contribution in [0.3, 0.4) is 0 Å². The lowest BCUT2D eigenvalue weighted by Crippen LogP contribution is -2.62. The number of hydrogen-bond acceptors (Lipinski definition) is 3. The second-order valence-electron chi connectivity index (χ2n) is 6.36. The molecule has 0 aliphatic carbocycles. The number of likely N-dealkylation sites (tertiary alicyclic amines) is 1. The van der Waals surface area contributed by atoms with Crippen molar-refractivity contribution in [2.45, 2.75) is 59.6 Å². The molecule has 1 atom stereocenters. The van der Waals surface area contributed by atoms with Crippen molar-refractivity contribution >= 4 is 5.97 Å². The number of ether oxygens (including phenoxy) is 1. The van der Waals surface area contributed by atoms with Gasteiger partial charge in [-0.2, -0.15) is 0 Å². The van der Waals surface area contributed by atoms with Crippen molar-refractivity contribution in [2.24, 2.45) is 5.41 Å². The van der Waals surface area contributed by atoms with E-state index in [1.807, 2.05) is 6.92 Å². The van der Waals surface area contributed by atoms with Gasteiger partial charge in [-0.25, -0.2) is 4.79 Å². The van der Waals surface area contributed by atoms with Crippen LogP contribution >= 0.6 is 0 Å². The number of carbonyl (C=O) groups excluding carboxylic acids is 1. The van der Waals surface area contributed by atoms with Crippen LogP contribution in [0.15, 0.2) is 11.6 Å². The standard InChI is InChI=1S/C15H27NO2/c1-8-11(2)13(17)18-12-9-10-16(7)15(5,6)14(12,3)4/h8,12H,9-10H2,1-7H3. The number of rotatable bonds is 2. The Morgan fingerprint density at radius 3 is 2.39 bits per heavy atom. The number of piperidine rings is 1. The molecular formula is C15H27NO2.